The molecule has 1 fully saturated rings. The number of rotatable bonds is 7. The summed E-state index contributed by atoms with van der Waals surface area (Å²) in [5.74, 6) is 0.356. The number of hydrogen-bond donors (Lipinski definition) is 1. The molecule has 1 rings (SSSR count). The number of nitrogens with two attached hydrogens (primary N) is 1. The molecule has 3 atom stereocenters. The lowest BCUT2D eigenvalue weighted by molar-refractivity contribution is -0.145. The largest absolute Gasteiger partial charge is 0.465 e. The Morgan fingerprint density at radius 2 is 2.06 bits per heavy atom. The smallest absolute Gasteiger partial charge is 0.322 e. The predicted molar refractivity (Wildman–Crippen MR) is 71.2 cm³/mol. The highest BCUT2D eigenvalue weighted by atomic mass is 16.5. The highest BCUT2D eigenvalue weighted by Gasteiger charge is 2.24. The van der Waals surface area contributed by atoms with Gasteiger partial charge in [-0.3, -0.25) is 4.79 Å². The molecular weight excluding hydrogens is 230 g/mol. The molecule has 0 amide bonds. The second-order valence-corrected chi connectivity index (χ2v) is 5.01. The van der Waals surface area contributed by atoms with E-state index in [0.29, 0.717) is 31.7 Å². The fraction of sp³-hybridized carbons (Fsp3) is 0.929. The van der Waals surface area contributed by atoms with Crippen molar-refractivity contribution in [3.05, 3.63) is 0 Å². The Kier molecular flexibility index (Phi) is 7.28. The van der Waals surface area contributed by atoms with Gasteiger partial charge in [0.1, 0.15) is 6.04 Å². The number of carbonyl (C=O) groups is 1. The Bertz CT molecular complexity index is 245. The summed E-state index contributed by atoms with van der Waals surface area (Å²) in [7, 11) is 0. The molecule has 0 bridgehead atoms. The summed E-state index contributed by atoms with van der Waals surface area (Å²) in [5.41, 5.74) is 5.73. The quantitative estimate of drug-likeness (QED) is 0.711. The molecule has 4 heteroatoms. The van der Waals surface area contributed by atoms with Gasteiger partial charge in [-0.15, -0.1) is 0 Å². The molecule has 0 radical (unpaired) electrons. The van der Waals surface area contributed by atoms with E-state index in [9.17, 15) is 4.79 Å². The molecule has 0 heterocycles. The maximum Gasteiger partial charge on any atom is 0.322 e. The molecule has 3 unspecified atom stereocenters. The molecular formula is C14H27NO3. The third-order valence-corrected chi connectivity index (χ3v) is 3.71. The molecule has 2 N–H and O–H groups in total. The van der Waals surface area contributed by atoms with Gasteiger partial charge in [-0.25, -0.2) is 0 Å². The summed E-state index contributed by atoms with van der Waals surface area (Å²) in [6.07, 6.45) is 7.07. The van der Waals surface area contributed by atoms with Gasteiger partial charge in [-0.2, -0.15) is 0 Å². The molecule has 4 nitrogen and oxygen atoms in total. The average molecular weight is 257 g/mol. The first-order valence-corrected chi connectivity index (χ1v) is 7.22. The van der Waals surface area contributed by atoms with Gasteiger partial charge in [0.05, 0.1) is 12.7 Å². The fourth-order valence-electron chi connectivity index (χ4n) is 2.57. The lowest BCUT2D eigenvalue weighted by atomic mass is 9.85. The van der Waals surface area contributed by atoms with Crippen molar-refractivity contribution in [3.63, 3.8) is 0 Å². The van der Waals surface area contributed by atoms with Gasteiger partial charge >= 0.3 is 5.97 Å². The maximum absolute atomic E-state index is 11.3. The average Bonchev–Trinajstić information content (AvgIpc) is 2.39. The van der Waals surface area contributed by atoms with Gasteiger partial charge in [0, 0.05) is 6.61 Å². The minimum atomic E-state index is -0.548. The molecule has 1 aliphatic rings. The van der Waals surface area contributed by atoms with Gasteiger partial charge in [-0.1, -0.05) is 26.2 Å². The zero-order chi connectivity index (χ0) is 13.4. The topological polar surface area (TPSA) is 61.5 Å². The van der Waals surface area contributed by atoms with Crippen LogP contribution in [0.15, 0.2) is 0 Å². The van der Waals surface area contributed by atoms with Crippen LogP contribution in [0, 0.1) is 5.92 Å². The van der Waals surface area contributed by atoms with Crippen molar-refractivity contribution >= 4 is 5.97 Å². The Morgan fingerprint density at radius 1 is 1.33 bits per heavy atom. The summed E-state index contributed by atoms with van der Waals surface area (Å²) < 4.78 is 10.8. The van der Waals surface area contributed by atoms with Crippen molar-refractivity contribution in [2.45, 2.75) is 64.5 Å². The monoisotopic (exact) mass is 257 g/mol. The Morgan fingerprint density at radius 3 is 2.72 bits per heavy atom. The third kappa shape index (κ3) is 4.94. The van der Waals surface area contributed by atoms with E-state index in [1.54, 1.807) is 6.92 Å². The van der Waals surface area contributed by atoms with E-state index < -0.39 is 6.04 Å². The Hall–Kier alpha value is -0.610. The van der Waals surface area contributed by atoms with E-state index in [4.69, 9.17) is 15.2 Å². The molecule has 1 saturated carbocycles. The highest BCUT2D eigenvalue weighted by Crippen LogP contribution is 2.29. The standard InChI is InChI=1S/C14H27NO3/c1-3-11-7-5-6-8-13(11)18-10-9-12(15)14(16)17-4-2/h11-13H,3-10,15H2,1-2H3. The van der Waals surface area contributed by atoms with Gasteiger partial charge in [0.25, 0.3) is 0 Å². The molecule has 106 valence electrons. The molecule has 0 aliphatic heterocycles. The Balaban J connectivity index is 2.21. The van der Waals surface area contributed by atoms with Crippen LogP contribution in [0.5, 0.6) is 0 Å². The van der Waals surface area contributed by atoms with E-state index in [1.165, 1.54) is 25.7 Å². The minimum absolute atomic E-state index is 0.322. The zero-order valence-corrected chi connectivity index (χ0v) is 11.7. The zero-order valence-electron chi connectivity index (χ0n) is 11.7. The molecule has 0 aromatic rings. The normalized spacial score (nSPS) is 25.7. The molecule has 1 aliphatic carbocycles. The van der Waals surface area contributed by atoms with Crippen LogP contribution >= 0.6 is 0 Å². The van der Waals surface area contributed by atoms with Crippen molar-refractivity contribution in [1.29, 1.82) is 0 Å². The summed E-state index contributed by atoms with van der Waals surface area (Å²) >= 11 is 0. The van der Waals surface area contributed by atoms with Crippen LogP contribution in [0.4, 0.5) is 0 Å². The van der Waals surface area contributed by atoms with Crippen molar-refractivity contribution in [2.24, 2.45) is 11.7 Å². The summed E-state index contributed by atoms with van der Waals surface area (Å²) in [6, 6.07) is -0.548. The predicted octanol–water partition coefficient (Wildman–Crippen LogP) is 2.25. The van der Waals surface area contributed by atoms with Gasteiger partial charge < -0.3 is 15.2 Å². The van der Waals surface area contributed by atoms with E-state index >= 15 is 0 Å². The SMILES string of the molecule is CCOC(=O)C(N)CCOC1CCCCC1CC. The van der Waals surface area contributed by atoms with Crippen molar-refractivity contribution < 1.29 is 14.3 Å². The van der Waals surface area contributed by atoms with E-state index in [1.807, 2.05) is 0 Å². The van der Waals surface area contributed by atoms with Gasteiger partial charge in [0.2, 0.25) is 0 Å². The van der Waals surface area contributed by atoms with Crippen molar-refractivity contribution in [1.82, 2.24) is 0 Å². The van der Waals surface area contributed by atoms with Gasteiger partial charge in [0.15, 0.2) is 0 Å². The van der Waals surface area contributed by atoms with Crippen LogP contribution in [0.3, 0.4) is 0 Å². The van der Waals surface area contributed by atoms with Crippen molar-refractivity contribution in [3.8, 4) is 0 Å². The fourth-order valence-corrected chi connectivity index (χ4v) is 2.57. The number of esters is 1. The number of ether oxygens (including phenoxy) is 2. The maximum atomic E-state index is 11.3. The number of hydrogen-bond acceptors (Lipinski definition) is 4. The van der Waals surface area contributed by atoms with Crippen molar-refractivity contribution in [2.75, 3.05) is 13.2 Å². The summed E-state index contributed by atoms with van der Waals surface area (Å²) in [6.45, 7) is 4.95. The highest BCUT2D eigenvalue weighted by molar-refractivity contribution is 5.75. The molecule has 0 saturated heterocycles. The first kappa shape index (κ1) is 15.4. The minimum Gasteiger partial charge on any atom is -0.465 e. The second-order valence-electron chi connectivity index (χ2n) is 5.01. The van der Waals surface area contributed by atoms with Crippen LogP contribution in [0.2, 0.25) is 0 Å². The third-order valence-electron chi connectivity index (χ3n) is 3.71. The number of carbonyl (C=O) groups excluding carboxylic acids is 1. The van der Waals surface area contributed by atoms with Crippen LogP contribution in [-0.4, -0.2) is 31.3 Å². The van der Waals surface area contributed by atoms with Crippen LogP contribution in [0.1, 0.15) is 52.4 Å². The summed E-state index contributed by atoms with van der Waals surface area (Å²) in [5, 5.41) is 0. The van der Waals surface area contributed by atoms with E-state index in [2.05, 4.69) is 6.92 Å². The second kappa shape index (κ2) is 8.48. The molecule has 0 spiro atoms. The van der Waals surface area contributed by atoms with E-state index in [0.717, 1.165) is 6.42 Å². The lowest BCUT2D eigenvalue weighted by Gasteiger charge is -2.31. The first-order valence-electron chi connectivity index (χ1n) is 7.22. The lowest BCUT2D eigenvalue weighted by Crippen LogP contribution is -2.35. The van der Waals surface area contributed by atoms with Crippen LogP contribution in [0.25, 0.3) is 0 Å². The van der Waals surface area contributed by atoms with Crippen LogP contribution in [-0.2, 0) is 14.3 Å². The van der Waals surface area contributed by atoms with Gasteiger partial charge in [-0.05, 0) is 32.1 Å². The Labute approximate surface area is 110 Å². The molecule has 0 aromatic carbocycles. The first-order chi connectivity index (χ1) is 8.69. The molecule has 0 aromatic heterocycles. The summed E-state index contributed by atoms with van der Waals surface area (Å²) in [4.78, 5) is 11.3. The van der Waals surface area contributed by atoms with E-state index in [-0.39, 0.29) is 5.97 Å². The van der Waals surface area contributed by atoms with Crippen LogP contribution < -0.4 is 5.73 Å². The molecule has 18 heavy (non-hydrogen) atoms.